The molecule has 4 aromatic rings. The average Bonchev–Trinajstić information content (AvgIpc) is 3.48. The first-order valence-corrected chi connectivity index (χ1v) is 12.6. The molecule has 5 heterocycles. The van der Waals surface area contributed by atoms with Gasteiger partial charge >= 0.3 is 0 Å². The summed E-state index contributed by atoms with van der Waals surface area (Å²) in [6.45, 7) is 4.43. The summed E-state index contributed by atoms with van der Waals surface area (Å²) in [6, 6.07) is 7.91. The molecule has 2 atom stereocenters. The maximum absolute atomic E-state index is 13.5. The first-order valence-electron chi connectivity index (χ1n) is 11.1. The quantitative estimate of drug-likeness (QED) is 0.436. The number of carbonyl (C=O) groups excluding carboxylic acids is 1. The molecular formula is C23H24N6O2S2. The highest BCUT2D eigenvalue weighted by Crippen LogP contribution is 2.34. The molecule has 2 fully saturated rings. The molecular weight excluding hydrogens is 456 g/mol. The summed E-state index contributed by atoms with van der Waals surface area (Å²) < 4.78 is 2.94. The fourth-order valence-electron chi connectivity index (χ4n) is 5.29. The molecule has 2 aliphatic rings. The molecule has 8 nitrogen and oxygen atoms in total. The average molecular weight is 481 g/mol. The molecule has 6 rings (SSSR count). The molecule has 1 amide bonds. The Kier molecular flexibility index (Phi) is 5.04. The molecule has 10 heteroatoms. The minimum absolute atomic E-state index is 0.139. The summed E-state index contributed by atoms with van der Waals surface area (Å²) in [5.41, 5.74) is 1.29. The molecule has 33 heavy (non-hydrogen) atoms. The van der Waals surface area contributed by atoms with Crippen LogP contribution in [-0.2, 0) is 0 Å². The lowest BCUT2D eigenvalue weighted by atomic mass is 10.0. The summed E-state index contributed by atoms with van der Waals surface area (Å²) in [6.07, 6.45) is 1.59. The molecule has 2 unspecified atom stereocenters. The van der Waals surface area contributed by atoms with Crippen molar-refractivity contribution in [3.05, 3.63) is 46.2 Å². The second-order valence-electron chi connectivity index (χ2n) is 8.95. The van der Waals surface area contributed by atoms with Crippen molar-refractivity contribution in [1.29, 1.82) is 0 Å². The maximum atomic E-state index is 13.5. The molecule has 170 valence electrons. The van der Waals surface area contributed by atoms with Gasteiger partial charge in [0.2, 0.25) is 11.4 Å². The first kappa shape index (κ1) is 20.9. The van der Waals surface area contributed by atoms with Crippen molar-refractivity contribution in [2.75, 3.05) is 50.4 Å². The molecule has 0 bridgehead atoms. The van der Waals surface area contributed by atoms with E-state index >= 15 is 0 Å². The zero-order valence-corrected chi connectivity index (χ0v) is 19.9. The van der Waals surface area contributed by atoms with E-state index in [1.54, 1.807) is 6.20 Å². The number of hydrogen-bond acceptors (Lipinski definition) is 8. The Hall–Kier alpha value is -2.69. The molecule has 0 spiro atoms. The van der Waals surface area contributed by atoms with Gasteiger partial charge in [0, 0.05) is 44.7 Å². The van der Waals surface area contributed by atoms with E-state index in [-0.39, 0.29) is 16.9 Å². The first-order chi connectivity index (χ1) is 16.0. The van der Waals surface area contributed by atoms with E-state index in [9.17, 15) is 9.59 Å². The lowest BCUT2D eigenvalue weighted by Crippen LogP contribution is -2.31. The molecule has 2 saturated heterocycles. The third-order valence-corrected chi connectivity index (χ3v) is 8.11. The second kappa shape index (κ2) is 7.96. The van der Waals surface area contributed by atoms with Crippen LogP contribution in [0.5, 0.6) is 0 Å². The van der Waals surface area contributed by atoms with Gasteiger partial charge in [0.05, 0.1) is 15.6 Å². The SMILES string of the molecule is CN1CC2CN(c3ncc4c(=O)c(C(=O)NCCS)c5sc6ccccc6n5c4n3)CC2C1. The minimum atomic E-state index is -0.388. The molecule has 0 saturated carbocycles. The van der Waals surface area contributed by atoms with Gasteiger partial charge in [-0.15, -0.1) is 11.3 Å². The van der Waals surface area contributed by atoms with Gasteiger partial charge in [-0.3, -0.25) is 14.0 Å². The van der Waals surface area contributed by atoms with Crippen molar-refractivity contribution < 1.29 is 4.79 Å². The van der Waals surface area contributed by atoms with Crippen molar-refractivity contribution in [2.24, 2.45) is 11.8 Å². The Morgan fingerprint density at radius 3 is 2.73 bits per heavy atom. The third-order valence-electron chi connectivity index (χ3n) is 6.75. The van der Waals surface area contributed by atoms with Crippen LogP contribution in [0.2, 0.25) is 0 Å². The number of amides is 1. The van der Waals surface area contributed by atoms with Crippen LogP contribution in [0.3, 0.4) is 0 Å². The Labute approximate surface area is 199 Å². The lowest BCUT2D eigenvalue weighted by molar-refractivity contribution is 0.0957. The summed E-state index contributed by atoms with van der Waals surface area (Å²) in [4.78, 5) is 41.1. The summed E-state index contributed by atoms with van der Waals surface area (Å²) in [5.74, 6) is 2.00. The van der Waals surface area contributed by atoms with Crippen molar-refractivity contribution in [1.82, 2.24) is 24.6 Å². The normalized spacial score (nSPS) is 20.8. The summed E-state index contributed by atoms with van der Waals surface area (Å²) >= 11 is 5.60. The van der Waals surface area contributed by atoms with Gasteiger partial charge in [0.1, 0.15) is 10.4 Å². The number of benzene rings is 1. The Balaban J connectivity index is 1.55. The number of para-hydroxylation sites is 1. The van der Waals surface area contributed by atoms with E-state index in [0.29, 0.717) is 45.9 Å². The lowest BCUT2D eigenvalue weighted by Gasteiger charge is -2.19. The number of anilines is 1. The monoisotopic (exact) mass is 480 g/mol. The fraction of sp³-hybridized carbons (Fsp3) is 0.391. The van der Waals surface area contributed by atoms with Crippen LogP contribution in [0.1, 0.15) is 10.4 Å². The van der Waals surface area contributed by atoms with E-state index in [2.05, 4.69) is 39.8 Å². The fourth-order valence-corrected chi connectivity index (χ4v) is 6.58. The van der Waals surface area contributed by atoms with Crippen LogP contribution in [0.4, 0.5) is 5.95 Å². The van der Waals surface area contributed by atoms with Gasteiger partial charge in [-0.05, 0) is 31.0 Å². The predicted octanol–water partition coefficient (Wildman–Crippen LogP) is 2.11. The molecule has 1 N–H and O–H groups in total. The van der Waals surface area contributed by atoms with Gasteiger partial charge in [-0.1, -0.05) is 12.1 Å². The van der Waals surface area contributed by atoms with Gasteiger partial charge in [0.15, 0.2) is 5.65 Å². The number of thiazole rings is 1. The van der Waals surface area contributed by atoms with Crippen LogP contribution in [0.25, 0.3) is 26.1 Å². The molecule has 1 aromatic carbocycles. The largest absolute Gasteiger partial charge is 0.351 e. The van der Waals surface area contributed by atoms with Crippen molar-refractivity contribution in [3.8, 4) is 0 Å². The summed E-state index contributed by atoms with van der Waals surface area (Å²) in [7, 11) is 2.17. The van der Waals surface area contributed by atoms with Gasteiger partial charge in [-0.25, -0.2) is 4.98 Å². The van der Waals surface area contributed by atoms with Crippen molar-refractivity contribution >= 4 is 61.9 Å². The van der Waals surface area contributed by atoms with Crippen LogP contribution in [0, 0.1) is 11.8 Å². The highest BCUT2D eigenvalue weighted by atomic mass is 32.1. The van der Waals surface area contributed by atoms with E-state index < -0.39 is 0 Å². The number of carbonyl (C=O) groups is 1. The third kappa shape index (κ3) is 3.31. The maximum Gasteiger partial charge on any atom is 0.258 e. The minimum Gasteiger partial charge on any atom is -0.351 e. The number of fused-ring (bicyclic) bond motifs is 6. The highest BCUT2D eigenvalue weighted by molar-refractivity contribution is 7.80. The number of thiol groups is 1. The highest BCUT2D eigenvalue weighted by Gasteiger charge is 2.39. The van der Waals surface area contributed by atoms with Crippen molar-refractivity contribution in [3.63, 3.8) is 0 Å². The van der Waals surface area contributed by atoms with E-state index in [0.717, 1.165) is 36.4 Å². The van der Waals surface area contributed by atoms with Gasteiger partial charge in [0.25, 0.3) is 5.91 Å². The van der Waals surface area contributed by atoms with E-state index in [1.165, 1.54) is 11.3 Å². The zero-order valence-electron chi connectivity index (χ0n) is 18.2. The topological polar surface area (TPSA) is 82.8 Å². The number of nitrogens with zero attached hydrogens (tertiary/aromatic N) is 5. The number of aromatic nitrogens is 3. The second-order valence-corrected chi connectivity index (χ2v) is 10.4. The number of pyridine rings is 1. The van der Waals surface area contributed by atoms with E-state index in [1.807, 2.05) is 28.7 Å². The van der Waals surface area contributed by atoms with E-state index in [4.69, 9.17) is 4.98 Å². The number of rotatable bonds is 4. The predicted molar refractivity (Wildman–Crippen MR) is 135 cm³/mol. The Bertz CT molecular complexity index is 1450. The summed E-state index contributed by atoms with van der Waals surface area (Å²) in [5, 5.41) is 3.15. The number of hydrogen-bond donors (Lipinski definition) is 2. The number of nitrogens with one attached hydrogen (secondary N) is 1. The molecule has 3 aromatic heterocycles. The Morgan fingerprint density at radius 1 is 1.21 bits per heavy atom. The molecule has 2 aliphatic heterocycles. The van der Waals surface area contributed by atoms with Crippen LogP contribution in [0.15, 0.2) is 35.3 Å². The number of likely N-dealkylation sites (tertiary alicyclic amines) is 1. The van der Waals surface area contributed by atoms with Crippen LogP contribution >= 0.6 is 24.0 Å². The zero-order chi connectivity index (χ0) is 22.7. The van der Waals surface area contributed by atoms with Gasteiger partial charge < -0.3 is 15.1 Å². The van der Waals surface area contributed by atoms with Gasteiger partial charge in [-0.2, -0.15) is 17.6 Å². The standard InChI is InChI=1S/C23H24N6O2S2/c1-27-9-13-11-28(12-14(13)10-27)23-25-8-15-19(30)18(21(31)24-6-7-32)22-29(20(15)26-23)16-4-2-3-5-17(16)33-22/h2-5,8,13-14,32H,6-7,9-12H2,1H3,(H,24,31). The Morgan fingerprint density at radius 2 is 1.97 bits per heavy atom. The van der Waals surface area contributed by atoms with Crippen LogP contribution < -0.4 is 15.6 Å². The van der Waals surface area contributed by atoms with Crippen molar-refractivity contribution in [2.45, 2.75) is 0 Å². The molecule has 0 radical (unpaired) electrons. The smallest absolute Gasteiger partial charge is 0.258 e. The van der Waals surface area contributed by atoms with Crippen LogP contribution in [-0.4, -0.2) is 70.7 Å². The molecule has 0 aliphatic carbocycles.